The van der Waals surface area contributed by atoms with Crippen molar-refractivity contribution in [1.82, 2.24) is 19.9 Å². The van der Waals surface area contributed by atoms with Crippen molar-refractivity contribution in [2.75, 3.05) is 26.2 Å². The van der Waals surface area contributed by atoms with E-state index in [1.165, 1.54) is 12.1 Å². The molecule has 1 fully saturated rings. The predicted octanol–water partition coefficient (Wildman–Crippen LogP) is 2.95. The molecule has 0 N–H and O–H groups in total. The van der Waals surface area contributed by atoms with Crippen molar-refractivity contribution in [2.24, 2.45) is 5.41 Å². The zero-order chi connectivity index (χ0) is 21.2. The highest BCUT2D eigenvalue weighted by molar-refractivity contribution is 5.84. The number of nitrogens with zero attached hydrogens (tertiary/aromatic N) is 5. The molecule has 0 aliphatic carbocycles. The zero-order valence-electron chi connectivity index (χ0n) is 16.0. The molecule has 2 aromatic rings. The van der Waals surface area contributed by atoms with E-state index in [-0.39, 0.29) is 23.2 Å². The van der Waals surface area contributed by atoms with Crippen molar-refractivity contribution in [2.45, 2.75) is 26.6 Å². The van der Waals surface area contributed by atoms with Gasteiger partial charge in [-0.05, 0) is 26.0 Å². The summed E-state index contributed by atoms with van der Waals surface area (Å²) < 4.78 is 43.8. The van der Waals surface area contributed by atoms with Gasteiger partial charge in [-0.25, -0.2) is 0 Å². The largest absolute Gasteiger partial charge is 0.416 e. The number of hydrogen-bond donors (Lipinski definition) is 0. The number of aromatic nitrogens is 2. The first kappa shape index (κ1) is 20.8. The van der Waals surface area contributed by atoms with Gasteiger partial charge in [0, 0.05) is 31.7 Å². The molecule has 7 nitrogen and oxygen atoms in total. The second-order valence-electron chi connectivity index (χ2n) is 7.40. The highest BCUT2D eigenvalue weighted by Crippen LogP contribution is 2.31. The van der Waals surface area contributed by atoms with Gasteiger partial charge in [-0.15, -0.1) is 0 Å². The summed E-state index contributed by atoms with van der Waals surface area (Å²) >= 11 is 0. The van der Waals surface area contributed by atoms with Crippen LogP contribution in [0.2, 0.25) is 0 Å². The fourth-order valence-electron chi connectivity index (χ4n) is 3.01. The zero-order valence-corrected chi connectivity index (χ0v) is 16.0. The molecule has 154 valence electrons. The summed E-state index contributed by atoms with van der Waals surface area (Å²) in [5.74, 6) is 0.175. The number of carbonyl (C=O) groups is 1. The fraction of sp³-hybridized carbons (Fsp3) is 0.474. The lowest BCUT2D eigenvalue weighted by Gasteiger charge is -2.36. The second-order valence-corrected chi connectivity index (χ2v) is 7.40. The summed E-state index contributed by atoms with van der Waals surface area (Å²) in [6.07, 6.45) is -4.44. The number of piperazine rings is 1. The Morgan fingerprint density at radius 3 is 2.55 bits per heavy atom. The van der Waals surface area contributed by atoms with Crippen LogP contribution in [0.5, 0.6) is 0 Å². The van der Waals surface area contributed by atoms with Gasteiger partial charge in [-0.1, -0.05) is 17.3 Å². The van der Waals surface area contributed by atoms with Crippen LogP contribution in [0, 0.1) is 16.7 Å². The molecule has 0 saturated carbocycles. The Bertz CT molecular complexity index is 924. The first-order valence-corrected chi connectivity index (χ1v) is 9.03. The summed E-state index contributed by atoms with van der Waals surface area (Å²) in [6.45, 7) is 5.58. The highest BCUT2D eigenvalue weighted by atomic mass is 19.4. The van der Waals surface area contributed by atoms with Gasteiger partial charge in [0.05, 0.1) is 18.2 Å². The molecule has 1 aliphatic heterocycles. The molecule has 3 rings (SSSR count). The lowest BCUT2D eigenvalue weighted by Crippen LogP contribution is -2.51. The van der Waals surface area contributed by atoms with Gasteiger partial charge in [-0.2, -0.15) is 23.4 Å². The van der Waals surface area contributed by atoms with Gasteiger partial charge in [0.15, 0.2) is 0 Å². The number of halogens is 3. The molecule has 10 heteroatoms. The number of carbonyl (C=O) groups excluding carboxylic acids is 1. The van der Waals surface area contributed by atoms with Crippen molar-refractivity contribution < 1.29 is 22.5 Å². The quantitative estimate of drug-likeness (QED) is 0.775. The van der Waals surface area contributed by atoms with Crippen molar-refractivity contribution in [1.29, 1.82) is 5.26 Å². The number of nitriles is 1. The minimum Gasteiger partial charge on any atom is -0.339 e. The Kier molecular flexibility index (Phi) is 5.61. The number of benzene rings is 1. The van der Waals surface area contributed by atoms with Crippen LogP contribution in [-0.4, -0.2) is 52.0 Å². The summed E-state index contributed by atoms with van der Waals surface area (Å²) in [4.78, 5) is 20.2. The van der Waals surface area contributed by atoms with Crippen molar-refractivity contribution >= 4 is 5.91 Å². The molecule has 0 radical (unpaired) electrons. The van der Waals surface area contributed by atoms with E-state index in [1.807, 2.05) is 11.0 Å². The minimum atomic E-state index is -4.44. The number of alkyl halides is 3. The Hall–Kier alpha value is -2.93. The molecular weight excluding hydrogens is 387 g/mol. The Balaban J connectivity index is 1.61. The first-order valence-electron chi connectivity index (χ1n) is 9.03. The third-order valence-corrected chi connectivity index (χ3v) is 4.75. The molecule has 2 heterocycles. The van der Waals surface area contributed by atoms with E-state index in [4.69, 9.17) is 9.78 Å². The molecule has 0 unspecified atom stereocenters. The van der Waals surface area contributed by atoms with Gasteiger partial charge in [0.2, 0.25) is 17.6 Å². The summed E-state index contributed by atoms with van der Waals surface area (Å²) in [5, 5.41) is 12.9. The van der Waals surface area contributed by atoms with Gasteiger partial charge in [0.25, 0.3) is 0 Å². The van der Waals surface area contributed by atoms with Crippen LogP contribution in [0.3, 0.4) is 0 Å². The maximum atomic E-state index is 12.9. The number of amides is 1. The standard InChI is InChI=1S/C19H20F3N5O2/c1-18(2,12-23)17(28)27-8-6-26(7-9-27)11-15-24-16(25-29-15)13-4-3-5-14(10-13)19(20,21)22/h3-5,10H,6-9,11H2,1-2H3. The van der Waals surface area contributed by atoms with Crippen LogP contribution in [0.1, 0.15) is 25.3 Å². The normalized spacial score (nSPS) is 15.9. The van der Waals surface area contributed by atoms with Crippen LogP contribution >= 0.6 is 0 Å². The summed E-state index contributed by atoms with van der Waals surface area (Å²) in [7, 11) is 0. The molecule has 0 bridgehead atoms. The van der Waals surface area contributed by atoms with E-state index in [0.717, 1.165) is 12.1 Å². The van der Waals surface area contributed by atoms with E-state index < -0.39 is 17.2 Å². The predicted molar refractivity (Wildman–Crippen MR) is 96.0 cm³/mol. The van der Waals surface area contributed by atoms with Crippen LogP contribution in [0.4, 0.5) is 13.2 Å². The Morgan fingerprint density at radius 2 is 1.93 bits per heavy atom. The van der Waals surface area contributed by atoms with Gasteiger partial charge < -0.3 is 9.42 Å². The first-order chi connectivity index (χ1) is 13.6. The summed E-state index contributed by atoms with van der Waals surface area (Å²) in [6, 6.07) is 6.77. The third-order valence-electron chi connectivity index (χ3n) is 4.75. The number of hydrogen-bond acceptors (Lipinski definition) is 6. The average Bonchev–Trinajstić information content (AvgIpc) is 3.16. The molecule has 1 aliphatic rings. The van der Waals surface area contributed by atoms with Gasteiger partial charge in [-0.3, -0.25) is 9.69 Å². The molecule has 1 amide bonds. The van der Waals surface area contributed by atoms with E-state index in [1.54, 1.807) is 18.7 Å². The molecule has 0 atom stereocenters. The van der Waals surface area contributed by atoms with E-state index >= 15 is 0 Å². The van der Waals surface area contributed by atoms with Crippen molar-refractivity contribution in [3.63, 3.8) is 0 Å². The van der Waals surface area contributed by atoms with E-state index in [9.17, 15) is 18.0 Å². The molecule has 1 aromatic heterocycles. The smallest absolute Gasteiger partial charge is 0.339 e. The topological polar surface area (TPSA) is 86.3 Å². The Morgan fingerprint density at radius 1 is 1.24 bits per heavy atom. The van der Waals surface area contributed by atoms with Gasteiger partial charge >= 0.3 is 6.18 Å². The van der Waals surface area contributed by atoms with Crippen LogP contribution in [-0.2, 0) is 17.5 Å². The Labute approximate surface area is 165 Å². The maximum Gasteiger partial charge on any atom is 0.416 e. The molecule has 0 spiro atoms. The molecule has 29 heavy (non-hydrogen) atoms. The lowest BCUT2D eigenvalue weighted by molar-refractivity contribution is -0.139. The van der Waals surface area contributed by atoms with Crippen LogP contribution < -0.4 is 0 Å². The molecular formula is C19H20F3N5O2. The van der Waals surface area contributed by atoms with Crippen LogP contribution in [0.25, 0.3) is 11.4 Å². The SMILES string of the molecule is CC(C)(C#N)C(=O)N1CCN(Cc2nc(-c3cccc(C(F)(F)F)c3)no2)CC1. The second kappa shape index (κ2) is 7.83. The lowest BCUT2D eigenvalue weighted by atomic mass is 9.93. The number of rotatable bonds is 4. The molecule has 1 saturated heterocycles. The maximum absolute atomic E-state index is 12.9. The van der Waals surface area contributed by atoms with E-state index in [0.29, 0.717) is 32.7 Å². The molecule has 1 aromatic carbocycles. The highest BCUT2D eigenvalue weighted by Gasteiger charge is 2.34. The summed E-state index contributed by atoms with van der Waals surface area (Å²) in [5.41, 5.74) is -1.61. The van der Waals surface area contributed by atoms with E-state index in [2.05, 4.69) is 10.1 Å². The monoisotopic (exact) mass is 407 g/mol. The van der Waals surface area contributed by atoms with Crippen molar-refractivity contribution in [3.8, 4) is 17.5 Å². The minimum absolute atomic E-state index is 0.0932. The fourth-order valence-corrected chi connectivity index (χ4v) is 3.01. The van der Waals surface area contributed by atoms with Gasteiger partial charge in [0.1, 0.15) is 5.41 Å². The average molecular weight is 407 g/mol. The third kappa shape index (κ3) is 4.74. The van der Waals surface area contributed by atoms with Crippen molar-refractivity contribution in [3.05, 3.63) is 35.7 Å². The van der Waals surface area contributed by atoms with Crippen LogP contribution in [0.15, 0.2) is 28.8 Å².